The maximum Gasteiger partial charge on any atom is 0.476 e. The second-order valence-electron chi connectivity index (χ2n) is 4.86. The monoisotopic (exact) mass is 344 g/mol. The molecule has 10 heteroatoms. The zero-order chi connectivity index (χ0) is 15.9. The Bertz CT molecular complexity index is 438. The van der Waals surface area contributed by atoms with Gasteiger partial charge >= 0.3 is 15.4 Å². The van der Waals surface area contributed by atoms with Crippen molar-refractivity contribution in [2.24, 2.45) is 0 Å². The predicted molar refractivity (Wildman–Crippen MR) is 75.7 cm³/mol. The number of rotatable bonds is 8. The van der Waals surface area contributed by atoms with Gasteiger partial charge in [0, 0.05) is 6.61 Å². The fourth-order valence-electron chi connectivity index (χ4n) is 1.77. The van der Waals surface area contributed by atoms with Crippen molar-refractivity contribution in [3.63, 3.8) is 0 Å². The summed E-state index contributed by atoms with van der Waals surface area (Å²) in [7, 11) is -9.26. The van der Waals surface area contributed by atoms with Crippen molar-refractivity contribution in [2.45, 2.75) is 38.9 Å². The van der Waals surface area contributed by atoms with Crippen molar-refractivity contribution >= 4 is 15.4 Å². The summed E-state index contributed by atoms with van der Waals surface area (Å²) in [6, 6.07) is 0. The van der Waals surface area contributed by atoms with Crippen LogP contribution in [0.1, 0.15) is 32.6 Å². The molecule has 0 aliphatic carbocycles. The molecule has 124 valence electrons. The Hall–Kier alpha value is -0.0400. The van der Waals surface area contributed by atoms with Crippen molar-refractivity contribution in [2.75, 3.05) is 19.4 Å². The third-order valence-electron chi connectivity index (χ3n) is 2.87. The summed E-state index contributed by atoms with van der Waals surface area (Å²) in [6.07, 6.45) is 4.33. The normalized spacial score (nSPS) is 23.8. The summed E-state index contributed by atoms with van der Waals surface area (Å²) in [5, 5.41) is 0. The van der Waals surface area contributed by atoms with Crippen LogP contribution < -0.4 is 0 Å². The molecule has 0 radical (unpaired) electrons. The molecule has 0 saturated carbocycles. The topological polar surface area (TPSA) is 123 Å². The highest BCUT2D eigenvalue weighted by molar-refractivity contribution is 7.63. The molecule has 0 aromatic heterocycles. The lowest BCUT2D eigenvalue weighted by molar-refractivity contribution is -0.155. The van der Waals surface area contributed by atoms with E-state index in [9.17, 15) is 14.0 Å². The van der Waals surface area contributed by atoms with E-state index < -0.39 is 15.4 Å². The molecule has 1 rings (SSSR count). The summed E-state index contributed by atoms with van der Waals surface area (Å²) < 4.78 is 36.7. The smallest absolute Gasteiger partial charge is 0.353 e. The molecule has 21 heavy (non-hydrogen) atoms. The number of phosphoric acid groups is 1. The zero-order valence-corrected chi connectivity index (χ0v) is 13.7. The summed E-state index contributed by atoms with van der Waals surface area (Å²) in [6.45, 7) is 2.76. The van der Waals surface area contributed by atoms with E-state index >= 15 is 0 Å². The maximum absolute atomic E-state index is 11.4. The van der Waals surface area contributed by atoms with Crippen molar-refractivity contribution in [3.8, 4) is 0 Å². The second kappa shape index (κ2) is 8.56. The first-order valence-corrected chi connectivity index (χ1v) is 9.95. The molecule has 3 N–H and O–H groups in total. The minimum absolute atomic E-state index is 0.183. The Balaban J connectivity index is 2.28. The molecule has 0 aromatic rings. The van der Waals surface area contributed by atoms with Crippen LogP contribution in [0.25, 0.3) is 0 Å². The van der Waals surface area contributed by atoms with Crippen LogP contribution in [-0.2, 0) is 22.9 Å². The van der Waals surface area contributed by atoms with Crippen LogP contribution in [0.5, 0.6) is 0 Å². The fourth-order valence-corrected chi connectivity index (χ4v) is 4.06. The molecule has 1 aliphatic rings. The van der Waals surface area contributed by atoms with Gasteiger partial charge in [-0.05, 0) is 32.6 Å². The zero-order valence-electron chi connectivity index (χ0n) is 11.9. The number of allylic oxidation sites excluding steroid dienone is 1. The Morgan fingerprint density at radius 3 is 2.62 bits per heavy atom. The van der Waals surface area contributed by atoms with Gasteiger partial charge in [0.1, 0.15) is 0 Å². The molecule has 8 nitrogen and oxygen atoms in total. The highest BCUT2D eigenvalue weighted by atomic mass is 31.3. The van der Waals surface area contributed by atoms with Gasteiger partial charge in [0.2, 0.25) is 0 Å². The summed E-state index contributed by atoms with van der Waals surface area (Å²) >= 11 is 0. The molecule has 1 aliphatic heterocycles. The van der Waals surface area contributed by atoms with Crippen LogP contribution in [0.3, 0.4) is 0 Å². The van der Waals surface area contributed by atoms with Crippen molar-refractivity contribution in [1.29, 1.82) is 0 Å². The third kappa shape index (κ3) is 9.55. The average Bonchev–Trinajstić information content (AvgIpc) is 2.35. The lowest BCUT2D eigenvalue weighted by Gasteiger charge is -2.22. The molecule has 1 saturated heterocycles. The Morgan fingerprint density at radius 2 is 2.05 bits per heavy atom. The van der Waals surface area contributed by atoms with E-state index in [4.69, 9.17) is 19.3 Å². The molecular weight excluding hydrogens is 322 g/mol. The van der Waals surface area contributed by atoms with Gasteiger partial charge in [0.25, 0.3) is 0 Å². The minimum Gasteiger partial charge on any atom is -0.353 e. The summed E-state index contributed by atoms with van der Waals surface area (Å²) in [5.74, 6) is 0. The second-order valence-corrected chi connectivity index (χ2v) is 8.22. The molecule has 0 amide bonds. The van der Waals surface area contributed by atoms with Gasteiger partial charge in [-0.3, -0.25) is 4.57 Å². The standard InChI is InChI=1S/C11H22O8P2/c1-10(5-8-18-11-4-2-3-7-17-11)6-9-20(12,13)19-21(14,15)16/h5,11H,2-4,6-9H2,1H3,(H,12,13)(H2,14,15,16)/b10-5-. The summed E-state index contributed by atoms with van der Waals surface area (Å²) in [5.41, 5.74) is 0.773. The van der Waals surface area contributed by atoms with Gasteiger partial charge in [-0.2, -0.15) is 0 Å². The van der Waals surface area contributed by atoms with E-state index in [0.29, 0.717) is 13.2 Å². The molecule has 2 unspecified atom stereocenters. The Morgan fingerprint density at radius 1 is 1.33 bits per heavy atom. The third-order valence-corrected chi connectivity index (χ3v) is 5.53. The van der Waals surface area contributed by atoms with Crippen molar-refractivity contribution in [1.82, 2.24) is 0 Å². The van der Waals surface area contributed by atoms with E-state index in [0.717, 1.165) is 24.8 Å². The van der Waals surface area contributed by atoms with E-state index in [1.807, 2.05) is 0 Å². The van der Waals surface area contributed by atoms with Gasteiger partial charge in [-0.25, -0.2) is 8.88 Å². The number of hydrogen-bond donors (Lipinski definition) is 3. The first kappa shape index (κ1) is 19.0. The van der Waals surface area contributed by atoms with Crippen molar-refractivity contribution < 1.29 is 37.6 Å². The molecule has 0 spiro atoms. The SMILES string of the molecule is C/C(=C/COC1CCCCO1)CCP(=O)(O)OP(=O)(O)O. The highest BCUT2D eigenvalue weighted by Gasteiger charge is 2.30. The number of ether oxygens (including phenoxy) is 2. The molecule has 1 heterocycles. The molecule has 2 atom stereocenters. The average molecular weight is 344 g/mol. The van der Waals surface area contributed by atoms with Crippen LogP contribution in [0, 0.1) is 0 Å². The lowest BCUT2D eigenvalue weighted by Crippen LogP contribution is -2.22. The van der Waals surface area contributed by atoms with E-state index in [1.54, 1.807) is 13.0 Å². The Kier molecular flexibility index (Phi) is 7.74. The maximum atomic E-state index is 11.4. The number of hydrogen-bond acceptors (Lipinski definition) is 5. The van der Waals surface area contributed by atoms with Crippen LogP contribution in [-0.4, -0.2) is 40.3 Å². The minimum atomic E-state index is -4.96. The van der Waals surface area contributed by atoms with E-state index in [2.05, 4.69) is 4.31 Å². The van der Waals surface area contributed by atoms with Gasteiger partial charge < -0.3 is 24.2 Å². The summed E-state index contributed by atoms with van der Waals surface area (Å²) in [4.78, 5) is 26.3. The quantitative estimate of drug-likeness (QED) is 0.452. The lowest BCUT2D eigenvalue weighted by atomic mass is 10.2. The molecular formula is C11H22O8P2. The first-order chi connectivity index (χ1) is 9.68. The van der Waals surface area contributed by atoms with Crippen LogP contribution in [0.15, 0.2) is 11.6 Å². The van der Waals surface area contributed by atoms with E-state index in [1.165, 1.54) is 0 Å². The first-order valence-electron chi connectivity index (χ1n) is 6.65. The van der Waals surface area contributed by atoms with Gasteiger partial charge in [-0.15, -0.1) is 0 Å². The van der Waals surface area contributed by atoms with Gasteiger partial charge in [0.15, 0.2) is 6.29 Å². The molecule has 0 bridgehead atoms. The van der Waals surface area contributed by atoms with Crippen molar-refractivity contribution in [3.05, 3.63) is 11.6 Å². The van der Waals surface area contributed by atoms with Gasteiger partial charge in [0.05, 0.1) is 12.8 Å². The van der Waals surface area contributed by atoms with Gasteiger partial charge in [-0.1, -0.05) is 11.6 Å². The fraction of sp³-hybridized carbons (Fsp3) is 0.818. The van der Waals surface area contributed by atoms with E-state index in [-0.39, 0.29) is 18.9 Å². The largest absolute Gasteiger partial charge is 0.476 e. The highest BCUT2D eigenvalue weighted by Crippen LogP contribution is 2.57. The molecule has 0 aromatic carbocycles. The van der Waals surface area contributed by atoms with Crippen LogP contribution in [0.4, 0.5) is 0 Å². The van der Waals surface area contributed by atoms with Crippen LogP contribution >= 0.6 is 15.4 Å². The molecule has 1 fully saturated rings. The predicted octanol–water partition coefficient (Wildman–Crippen LogP) is 2.16. The van der Waals surface area contributed by atoms with Crippen LogP contribution in [0.2, 0.25) is 0 Å². The Labute approximate surface area is 123 Å².